The van der Waals surface area contributed by atoms with E-state index in [4.69, 9.17) is 0 Å². The summed E-state index contributed by atoms with van der Waals surface area (Å²) in [5.41, 5.74) is 7.56. The first-order valence-corrected chi connectivity index (χ1v) is 8.90. The predicted molar refractivity (Wildman–Crippen MR) is 93.5 cm³/mol. The Morgan fingerprint density at radius 2 is 2.32 bits per heavy atom. The van der Waals surface area contributed by atoms with Gasteiger partial charge in [0.2, 0.25) is 5.91 Å². The molecule has 1 saturated heterocycles. The molecule has 2 fully saturated rings. The van der Waals surface area contributed by atoms with Crippen molar-refractivity contribution in [1.29, 1.82) is 0 Å². The number of hydrazine groups is 1. The van der Waals surface area contributed by atoms with Crippen LogP contribution in [0.2, 0.25) is 0 Å². The van der Waals surface area contributed by atoms with E-state index in [-0.39, 0.29) is 17.9 Å². The van der Waals surface area contributed by atoms with Gasteiger partial charge in [-0.3, -0.25) is 20.2 Å². The summed E-state index contributed by atoms with van der Waals surface area (Å²) in [4.78, 5) is 21.1. The molecule has 3 heterocycles. The zero-order chi connectivity index (χ0) is 17.2. The standard InChI is InChI=1S/C18H24N6O/c1-12-6-14-10-22-23-17(14)15(7-12)18(25)21-9-13-2-3-20-16(8-13)24-5-4-19-11-24/h2-5,8,11-12,14-15,17,22-23H,6-7,9-10H2,1H3,(H,21,25). The van der Waals surface area contributed by atoms with E-state index in [9.17, 15) is 4.79 Å². The minimum absolute atomic E-state index is 0.0266. The summed E-state index contributed by atoms with van der Waals surface area (Å²) in [7, 11) is 0. The van der Waals surface area contributed by atoms with Crippen LogP contribution in [0, 0.1) is 17.8 Å². The first kappa shape index (κ1) is 16.2. The Labute approximate surface area is 147 Å². The van der Waals surface area contributed by atoms with Crippen LogP contribution in [-0.2, 0) is 11.3 Å². The van der Waals surface area contributed by atoms with Gasteiger partial charge in [0.25, 0.3) is 0 Å². The molecule has 0 spiro atoms. The van der Waals surface area contributed by atoms with E-state index >= 15 is 0 Å². The minimum atomic E-state index is 0.0266. The second-order valence-corrected chi connectivity index (χ2v) is 7.20. The predicted octanol–water partition coefficient (Wildman–Crippen LogP) is 1.02. The SMILES string of the molecule is CC1CC2CNNC2C(C(=O)NCc2ccnc(-n3ccnc3)c2)C1. The Morgan fingerprint density at radius 3 is 3.16 bits per heavy atom. The van der Waals surface area contributed by atoms with Crippen LogP contribution in [0.15, 0.2) is 37.1 Å². The summed E-state index contributed by atoms with van der Waals surface area (Å²) < 4.78 is 1.85. The number of rotatable bonds is 4. The van der Waals surface area contributed by atoms with Crippen molar-refractivity contribution in [3.8, 4) is 5.82 Å². The molecule has 1 aliphatic heterocycles. The first-order valence-electron chi connectivity index (χ1n) is 8.90. The molecule has 3 N–H and O–H groups in total. The number of carbonyl (C=O) groups is 1. The maximum atomic E-state index is 12.8. The number of hydrogen-bond donors (Lipinski definition) is 3. The van der Waals surface area contributed by atoms with Gasteiger partial charge in [0.05, 0.1) is 5.92 Å². The molecule has 2 aliphatic rings. The molecule has 0 radical (unpaired) electrons. The zero-order valence-electron chi connectivity index (χ0n) is 14.4. The zero-order valence-corrected chi connectivity index (χ0v) is 14.4. The molecular weight excluding hydrogens is 316 g/mol. The summed E-state index contributed by atoms with van der Waals surface area (Å²) in [6.07, 6.45) is 9.18. The van der Waals surface area contributed by atoms with E-state index in [0.29, 0.717) is 18.4 Å². The normalized spacial score (nSPS) is 28.5. The second-order valence-electron chi connectivity index (χ2n) is 7.20. The lowest BCUT2D eigenvalue weighted by atomic mass is 9.73. The topological polar surface area (TPSA) is 83.9 Å². The van der Waals surface area contributed by atoms with Crippen molar-refractivity contribution in [1.82, 2.24) is 30.7 Å². The number of pyridine rings is 1. The highest BCUT2D eigenvalue weighted by molar-refractivity contribution is 5.79. The number of nitrogens with zero attached hydrogens (tertiary/aromatic N) is 3. The van der Waals surface area contributed by atoms with Crippen LogP contribution in [-0.4, -0.2) is 33.0 Å². The molecule has 1 amide bonds. The Balaban J connectivity index is 1.41. The van der Waals surface area contributed by atoms with Crippen molar-refractivity contribution in [2.75, 3.05) is 6.54 Å². The quantitative estimate of drug-likeness (QED) is 0.774. The lowest BCUT2D eigenvalue weighted by molar-refractivity contribution is -0.128. The van der Waals surface area contributed by atoms with Crippen molar-refractivity contribution in [3.05, 3.63) is 42.6 Å². The van der Waals surface area contributed by atoms with Gasteiger partial charge in [0.1, 0.15) is 12.1 Å². The lowest BCUT2D eigenvalue weighted by Crippen LogP contribution is -2.49. The van der Waals surface area contributed by atoms with Crippen LogP contribution in [0.4, 0.5) is 0 Å². The van der Waals surface area contributed by atoms with Gasteiger partial charge in [-0.2, -0.15) is 0 Å². The number of nitrogens with one attached hydrogen (secondary N) is 3. The number of aromatic nitrogens is 3. The molecule has 25 heavy (non-hydrogen) atoms. The van der Waals surface area contributed by atoms with E-state index in [1.807, 2.05) is 22.9 Å². The van der Waals surface area contributed by atoms with E-state index in [2.05, 4.69) is 33.1 Å². The average molecular weight is 340 g/mol. The second kappa shape index (κ2) is 6.93. The van der Waals surface area contributed by atoms with Crippen LogP contribution >= 0.6 is 0 Å². The number of imidazole rings is 1. The fourth-order valence-corrected chi connectivity index (χ4v) is 4.10. The number of carbonyl (C=O) groups excluding carboxylic acids is 1. The van der Waals surface area contributed by atoms with Gasteiger partial charge in [0.15, 0.2) is 0 Å². The first-order chi connectivity index (χ1) is 12.2. The maximum absolute atomic E-state index is 12.8. The van der Waals surface area contributed by atoms with Crippen molar-refractivity contribution in [2.45, 2.75) is 32.4 Å². The highest BCUT2D eigenvalue weighted by Gasteiger charge is 2.42. The van der Waals surface area contributed by atoms with Gasteiger partial charge in [-0.1, -0.05) is 6.92 Å². The van der Waals surface area contributed by atoms with Crippen LogP contribution < -0.4 is 16.2 Å². The smallest absolute Gasteiger partial charge is 0.225 e. The van der Waals surface area contributed by atoms with Gasteiger partial charge >= 0.3 is 0 Å². The van der Waals surface area contributed by atoms with Crippen LogP contribution in [0.25, 0.3) is 5.82 Å². The Bertz CT molecular complexity index is 731. The van der Waals surface area contributed by atoms with Gasteiger partial charge in [-0.15, -0.1) is 0 Å². The van der Waals surface area contributed by atoms with Crippen molar-refractivity contribution in [3.63, 3.8) is 0 Å². The molecule has 7 heteroatoms. The molecule has 4 atom stereocenters. The molecule has 2 aromatic heterocycles. The molecule has 4 rings (SSSR count). The third-order valence-electron chi connectivity index (χ3n) is 5.32. The fourth-order valence-electron chi connectivity index (χ4n) is 4.10. The molecule has 132 valence electrons. The Morgan fingerprint density at radius 1 is 1.40 bits per heavy atom. The van der Waals surface area contributed by atoms with Gasteiger partial charge in [-0.25, -0.2) is 9.97 Å². The average Bonchev–Trinajstić information content (AvgIpc) is 3.30. The maximum Gasteiger partial charge on any atom is 0.225 e. The largest absolute Gasteiger partial charge is 0.352 e. The molecule has 0 bridgehead atoms. The Hall–Kier alpha value is -2.25. The highest BCUT2D eigenvalue weighted by Crippen LogP contribution is 2.35. The molecule has 1 aliphatic carbocycles. The minimum Gasteiger partial charge on any atom is -0.352 e. The van der Waals surface area contributed by atoms with E-state index in [1.165, 1.54) is 6.42 Å². The summed E-state index contributed by atoms with van der Waals surface area (Å²) in [6, 6.07) is 4.15. The van der Waals surface area contributed by atoms with Crippen LogP contribution in [0.3, 0.4) is 0 Å². The third-order valence-corrected chi connectivity index (χ3v) is 5.32. The molecule has 4 unspecified atom stereocenters. The molecule has 2 aromatic rings. The summed E-state index contributed by atoms with van der Waals surface area (Å²) >= 11 is 0. The van der Waals surface area contributed by atoms with Crippen molar-refractivity contribution < 1.29 is 4.79 Å². The van der Waals surface area contributed by atoms with Gasteiger partial charge in [-0.05, 0) is 42.4 Å². The van der Waals surface area contributed by atoms with Crippen molar-refractivity contribution >= 4 is 5.91 Å². The monoisotopic (exact) mass is 340 g/mol. The summed E-state index contributed by atoms with van der Waals surface area (Å²) in [5.74, 6) is 2.11. The van der Waals surface area contributed by atoms with Crippen LogP contribution in [0.1, 0.15) is 25.3 Å². The molecule has 0 aromatic carbocycles. The van der Waals surface area contributed by atoms with E-state index in [0.717, 1.165) is 24.3 Å². The molecule has 1 saturated carbocycles. The Kier molecular flexibility index (Phi) is 4.50. The molecular formula is C18H24N6O. The van der Waals surface area contributed by atoms with Crippen molar-refractivity contribution in [2.24, 2.45) is 17.8 Å². The summed E-state index contributed by atoms with van der Waals surface area (Å²) in [6.45, 7) is 3.71. The highest BCUT2D eigenvalue weighted by atomic mass is 16.1. The number of fused-ring (bicyclic) bond motifs is 1. The third kappa shape index (κ3) is 3.43. The van der Waals surface area contributed by atoms with Gasteiger partial charge < -0.3 is 5.32 Å². The summed E-state index contributed by atoms with van der Waals surface area (Å²) in [5, 5.41) is 3.11. The molecule has 7 nitrogen and oxygen atoms in total. The van der Waals surface area contributed by atoms with Crippen LogP contribution in [0.5, 0.6) is 0 Å². The van der Waals surface area contributed by atoms with E-state index in [1.54, 1.807) is 18.7 Å². The van der Waals surface area contributed by atoms with E-state index < -0.39 is 0 Å². The fraction of sp³-hybridized carbons (Fsp3) is 0.500. The number of amides is 1. The lowest BCUT2D eigenvalue weighted by Gasteiger charge is -2.35. The number of hydrogen-bond acceptors (Lipinski definition) is 5. The van der Waals surface area contributed by atoms with Gasteiger partial charge in [0, 0.05) is 37.7 Å².